The van der Waals surface area contributed by atoms with E-state index in [0.717, 1.165) is 4.90 Å². The zero-order valence-electron chi connectivity index (χ0n) is 14.2. The molecule has 0 aromatic heterocycles. The molecule has 1 heterocycles. The minimum absolute atomic E-state index is 0.0478. The molecule has 0 bridgehead atoms. The number of carbonyl (C=O) groups is 4. The predicted molar refractivity (Wildman–Crippen MR) is 101 cm³/mol. The second kappa shape index (κ2) is 8.05. The van der Waals surface area contributed by atoms with Gasteiger partial charge in [-0.05, 0) is 59.8 Å². The number of halogens is 1. The molecule has 2 aromatic rings. The summed E-state index contributed by atoms with van der Waals surface area (Å²) in [6.07, 6.45) is 1.40. The molecule has 0 unspecified atom stereocenters. The molecular weight excluding hydrogens is 387 g/mol. The Morgan fingerprint density at radius 3 is 2.54 bits per heavy atom. The molecule has 9 heteroatoms. The third-order valence-electron chi connectivity index (χ3n) is 3.73. The third kappa shape index (κ3) is 4.44. The Morgan fingerprint density at radius 2 is 1.86 bits per heavy atom. The molecule has 3 amide bonds. The number of nitrogens with one attached hydrogen (secondary N) is 1. The summed E-state index contributed by atoms with van der Waals surface area (Å²) in [6.45, 7) is -0.492. The fraction of sp³-hybridized carbons (Fsp3) is 0.0526. The normalized spacial score (nSPS) is 15.2. The third-order valence-corrected chi connectivity index (χ3v) is 4.64. The molecule has 0 saturated carbocycles. The summed E-state index contributed by atoms with van der Waals surface area (Å²) in [5.74, 6) is -2.82. The van der Waals surface area contributed by atoms with Gasteiger partial charge in [-0.25, -0.2) is 9.18 Å². The molecule has 1 aliphatic heterocycles. The summed E-state index contributed by atoms with van der Waals surface area (Å²) in [7, 11) is 0. The number of benzene rings is 2. The van der Waals surface area contributed by atoms with Gasteiger partial charge in [-0.15, -0.1) is 0 Å². The fourth-order valence-electron chi connectivity index (χ4n) is 2.43. The smallest absolute Gasteiger partial charge is 0.335 e. The molecule has 142 valence electrons. The number of carboxylic acids is 1. The summed E-state index contributed by atoms with van der Waals surface area (Å²) in [4.78, 5) is 48.5. The Balaban J connectivity index is 1.71. The lowest BCUT2D eigenvalue weighted by molar-refractivity contribution is -0.127. The van der Waals surface area contributed by atoms with E-state index in [0.29, 0.717) is 23.0 Å². The van der Waals surface area contributed by atoms with Crippen LogP contribution in [0, 0.1) is 5.82 Å². The van der Waals surface area contributed by atoms with Crippen LogP contribution in [-0.2, 0) is 9.59 Å². The van der Waals surface area contributed by atoms with Crippen molar-refractivity contribution in [2.75, 3.05) is 11.9 Å². The summed E-state index contributed by atoms with van der Waals surface area (Å²) in [6, 6.07) is 11.0. The summed E-state index contributed by atoms with van der Waals surface area (Å²) >= 11 is 0.663. The molecule has 0 aliphatic carbocycles. The van der Waals surface area contributed by atoms with Crippen LogP contribution in [0.15, 0.2) is 53.4 Å². The van der Waals surface area contributed by atoms with E-state index in [4.69, 9.17) is 5.11 Å². The second-order valence-corrected chi connectivity index (χ2v) is 6.75. The monoisotopic (exact) mass is 400 g/mol. The molecule has 0 atom stereocenters. The Kier molecular flexibility index (Phi) is 5.55. The van der Waals surface area contributed by atoms with E-state index < -0.39 is 35.4 Å². The average Bonchev–Trinajstić information content (AvgIpc) is 2.91. The van der Waals surface area contributed by atoms with E-state index in [-0.39, 0.29) is 10.5 Å². The molecule has 0 radical (unpaired) electrons. The maximum absolute atomic E-state index is 12.9. The Morgan fingerprint density at radius 1 is 1.14 bits per heavy atom. The number of rotatable bonds is 5. The van der Waals surface area contributed by atoms with Gasteiger partial charge in [0, 0.05) is 5.69 Å². The number of anilines is 1. The van der Waals surface area contributed by atoms with Crippen molar-refractivity contribution in [1.29, 1.82) is 0 Å². The van der Waals surface area contributed by atoms with E-state index in [2.05, 4.69) is 5.32 Å². The average molecular weight is 400 g/mol. The van der Waals surface area contributed by atoms with E-state index in [9.17, 15) is 23.6 Å². The maximum Gasteiger partial charge on any atom is 0.335 e. The quantitative estimate of drug-likeness (QED) is 0.747. The zero-order valence-corrected chi connectivity index (χ0v) is 15.0. The number of amides is 3. The molecule has 28 heavy (non-hydrogen) atoms. The van der Waals surface area contributed by atoms with Crippen LogP contribution in [0.4, 0.5) is 14.9 Å². The molecular formula is C19H13FN2O5S. The van der Waals surface area contributed by atoms with E-state index in [1.807, 2.05) is 0 Å². The summed E-state index contributed by atoms with van der Waals surface area (Å²) < 4.78 is 12.9. The van der Waals surface area contributed by atoms with E-state index >= 15 is 0 Å². The Bertz CT molecular complexity index is 1000. The van der Waals surface area contributed by atoms with E-state index in [1.54, 1.807) is 6.07 Å². The minimum atomic E-state index is -1.11. The van der Waals surface area contributed by atoms with Crippen molar-refractivity contribution < 1.29 is 28.7 Å². The molecule has 0 spiro atoms. The largest absolute Gasteiger partial charge is 0.478 e. The number of nitrogens with zero attached hydrogens (tertiary/aromatic N) is 1. The first-order chi connectivity index (χ1) is 13.3. The van der Waals surface area contributed by atoms with Crippen LogP contribution >= 0.6 is 11.8 Å². The molecule has 2 aromatic carbocycles. The van der Waals surface area contributed by atoms with Crippen molar-refractivity contribution in [3.63, 3.8) is 0 Å². The zero-order chi connectivity index (χ0) is 20.3. The van der Waals surface area contributed by atoms with Crippen molar-refractivity contribution in [3.05, 3.63) is 70.4 Å². The maximum atomic E-state index is 12.9. The highest BCUT2D eigenvalue weighted by molar-refractivity contribution is 8.18. The lowest BCUT2D eigenvalue weighted by Gasteiger charge is -2.12. The highest BCUT2D eigenvalue weighted by atomic mass is 32.2. The molecule has 7 nitrogen and oxygen atoms in total. The standard InChI is InChI=1S/C19H13FN2O5S/c20-13-4-6-14(7-5-13)21-16(23)10-22-17(24)15(28-19(22)27)9-11-2-1-3-12(8-11)18(25)26/h1-9H,10H2,(H,21,23)(H,25,26). The predicted octanol–water partition coefficient (Wildman–Crippen LogP) is 3.20. The van der Waals surface area contributed by atoms with Gasteiger partial charge in [-0.3, -0.25) is 19.3 Å². The number of hydrogen-bond donors (Lipinski definition) is 2. The van der Waals surface area contributed by atoms with Crippen molar-refractivity contribution in [2.45, 2.75) is 0 Å². The molecule has 3 rings (SSSR count). The molecule has 1 saturated heterocycles. The van der Waals surface area contributed by atoms with Gasteiger partial charge in [0.15, 0.2) is 0 Å². The number of thioether (sulfide) groups is 1. The van der Waals surface area contributed by atoms with Crippen molar-refractivity contribution in [3.8, 4) is 0 Å². The van der Waals surface area contributed by atoms with Crippen LogP contribution in [0.25, 0.3) is 6.08 Å². The van der Waals surface area contributed by atoms with Crippen LogP contribution < -0.4 is 5.32 Å². The van der Waals surface area contributed by atoms with Gasteiger partial charge in [0.2, 0.25) is 5.91 Å². The van der Waals surface area contributed by atoms with Crippen molar-refractivity contribution in [2.24, 2.45) is 0 Å². The first kappa shape index (κ1) is 19.3. The van der Waals surface area contributed by atoms with Gasteiger partial charge in [-0.1, -0.05) is 12.1 Å². The molecule has 1 fully saturated rings. The van der Waals surface area contributed by atoms with Gasteiger partial charge in [0.1, 0.15) is 12.4 Å². The topological polar surface area (TPSA) is 104 Å². The van der Waals surface area contributed by atoms with Crippen molar-refractivity contribution >= 4 is 46.5 Å². The summed E-state index contributed by atoms with van der Waals surface area (Å²) in [5.41, 5.74) is 0.826. The Hall–Kier alpha value is -3.46. The molecule has 2 N–H and O–H groups in total. The van der Waals surface area contributed by atoms with Crippen LogP contribution in [0.3, 0.4) is 0 Å². The SMILES string of the molecule is O=C(CN1C(=O)SC(=Cc2cccc(C(=O)O)c2)C1=O)Nc1ccc(F)cc1. The number of carbonyl (C=O) groups excluding carboxylic acids is 3. The minimum Gasteiger partial charge on any atom is -0.478 e. The van der Waals surface area contributed by atoms with Gasteiger partial charge < -0.3 is 10.4 Å². The van der Waals surface area contributed by atoms with Gasteiger partial charge >= 0.3 is 5.97 Å². The van der Waals surface area contributed by atoms with Crippen LogP contribution in [0.5, 0.6) is 0 Å². The number of imide groups is 1. The van der Waals surface area contributed by atoms with Gasteiger partial charge in [0.25, 0.3) is 11.1 Å². The number of carboxylic acid groups (broad SMARTS) is 1. The van der Waals surface area contributed by atoms with Gasteiger partial charge in [-0.2, -0.15) is 0 Å². The Labute approximate surface area is 162 Å². The summed E-state index contributed by atoms with van der Waals surface area (Å²) in [5, 5.41) is 10.9. The fourth-order valence-corrected chi connectivity index (χ4v) is 3.26. The highest BCUT2D eigenvalue weighted by Crippen LogP contribution is 2.32. The van der Waals surface area contributed by atoms with Crippen LogP contribution in [0.2, 0.25) is 0 Å². The number of aromatic carboxylic acids is 1. The van der Waals surface area contributed by atoms with Crippen molar-refractivity contribution in [1.82, 2.24) is 4.90 Å². The first-order valence-corrected chi connectivity index (χ1v) is 8.79. The van der Waals surface area contributed by atoms with Gasteiger partial charge in [0.05, 0.1) is 10.5 Å². The molecule has 1 aliphatic rings. The van der Waals surface area contributed by atoms with Crippen LogP contribution in [0.1, 0.15) is 15.9 Å². The first-order valence-electron chi connectivity index (χ1n) is 7.97. The lowest BCUT2D eigenvalue weighted by Crippen LogP contribution is -2.36. The van der Waals surface area contributed by atoms with E-state index in [1.165, 1.54) is 48.5 Å². The lowest BCUT2D eigenvalue weighted by atomic mass is 10.1. The number of hydrogen-bond acceptors (Lipinski definition) is 5. The highest BCUT2D eigenvalue weighted by Gasteiger charge is 2.36. The second-order valence-electron chi connectivity index (χ2n) is 5.75. The van der Waals surface area contributed by atoms with Crippen LogP contribution in [-0.4, -0.2) is 39.6 Å².